The van der Waals surface area contributed by atoms with Gasteiger partial charge in [0.25, 0.3) is 5.91 Å². The topological polar surface area (TPSA) is 44.1 Å². The first-order valence-electron chi connectivity index (χ1n) is 7.11. The number of rotatable bonds is 2. The highest BCUT2D eigenvalue weighted by Crippen LogP contribution is 2.33. The summed E-state index contributed by atoms with van der Waals surface area (Å²) in [4.78, 5) is 14.3. The first-order valence-corrected chi connectivity index (χ1v) is 7.11. The Morgan fingerprint density at radius 3 is 2.59 bits per heavy atom. The lowest BCUT2D eigenvalue weighted by Crippen LogP contribution is -2.27. The van der Waals surface area contributed by atoms with E-state index in [4.69, 9.17) is 5.26 Å². The highest BCUT2D eigenvalue weighted by Gasteiger charge is 2.34. The number of hydrogen-bond acceptors (Lipinski definition) is 2. The molecule has 3 nitrogen and oxygen atoms in total. The SMILES string of the molecule is Cc1ccc([C@H](C)N2Cc3cc(F)cc(C#N)c3C2=O)cc1. The van der Waals surface area contributed by atoms with Crippen molar-refractivity contribution in [1.82, 2.24) is 4.90 Å². The number of nitriles is 1. The molecule has 1 atom stereocenters. The van der Waals surface area contributed by atoms with E-state index >= 15 is 0 Å². The van der Waals surface area contributed by atoms with Crippen LogP contribution in [0.25, 0.3) is 0 Å². The van der Waals surface area contributed by atoms with Gasteiger partial charge in [-0.05, 0) is 37.1 Å². The Morgan fingerprint density at radius 1 is 1.27 bits per heavy atom. The van der Waals surface area contributed by atoms with Crippen molar-refractivity contribution >= 4 is 5.91 Å². The quantitative estimate of drug-likeness (QED) is 0.847. The summed E-state index contributed by atoms with van der Waals surface area (Å²) in [5.74, 6) is -0.687. The summed E-state index contributed by atoms with van der Waals surface area (Å²) in [6.07, 6.45) is 0. The lowest BCUT2D eigenvalue weighted by molar-refractivity contribution is 0.0715. The summed E-state index contributed by atoms with van der Waals surface area (Å²) in [7, 11) is 0. The minimum Gasteiger partial charge on any atom is -0.327 e. The van der Waals surface area contributed by atoms with Gasteiger partial charge in [0.2, 0.25) is 0 Å². The van der Waals surface area contributed by atoms with E-state index in [1.807, 2.05) is 44.2 Å². The maximum Gasteiger partial charge on any atom is 0.256 e. The van der Waals surface area contributed by atoms with E-state index in [-0.39, 0.29) is 17.5 Å². The fourth-order valence-corrected chi connectivity index (χ4v) is 2.87. The van der Waals surface area contributed by atoms with Gasteiger partial charge < -0.3 is 4.90 Å². The number of fused-ring (bicyclic) bond motifs is 1. The molecule has 3 rings (SSSR count). The van der Waals surface area contributed by atoms with Crippen LogP contribution in [0.15, 0.2) is 36.4 Å². The number of carbonyl (C=O) groups is 1. The second-order valence-electron chi connectivity index (χ2n) is 5.62. The molecule has 0 spiro atoms. The van der Waals surface area contributed by atoms with Crippen LogP contribution in [-0.4, -0.2) is 10.8 Å². The maximum absolute atomic E-state index is 13.6. The van der Waals surface area contributed by atoms with Gasteiger partial charge in [-0.1, -0.05) is 29.8 Å². The van der Waals surface area contributed by atoms with Crippen LogP contribution in [0.3, 0.4) is 0 Å². The standard InChI is InChI=1S/C18H15FN2O/c1-11-3-5-13(6-4-11)12(2)21-10-15-8-16(19)7-14(9-20)17(15)18(21)22/h3-8,12H,10H2,1-2H3/t12-/m0/s1. The minimum atomic E-state index is -0.479. The van der Waals surface area contributed by atoms with Crippen molar-refractivity contribution in [1.29, 1.82) is 5.26 Å². The molecule has 0 radical (unpaired) electrons. The summed E-state index contributed by atoms with van der Waals surface area (Å²) in [6.45, 7) is 4.28. The molecule has 0 saturated carbocycles. The second-order valence-corrected chi connectivity index (χ2v) is 5.62. The molecule has 1 aliphatic rings. The van der Waals surface area contributed by atoms with E-state index in [0.717, 1.165) is 17.2 Å². The van der Waals surface area contributed by atoms with Gasteiger partial charge in [-0.2, -0.15) is 5.26 Å². The Labute approximate surface area is 128 Å². The molecule has 4 heteroatoms. The Hall–Kier alpha value is -2.67. The molecule has 1 amide bonds. The summed E-state index contributed by atoms with van der Waals surface area (Å²) in [5.41, 5.74) is 3.20. The lowest BCUT2D eigenvalue weighted by atomic mass is 10.0. The Bertz CT molecular complexity index is 790. The van der Waals surface area contributed by atoms with Crippen molar-refractivity contribution in [2.45, 2.75) is 26.4 Å². The summed E-state index contributed by atoms with van der Waals surface area (Å²) >= 11 is 0. The molecular formula is C18H15FN2O. The fraction of sp³-hybridized carbons (Fsp3) is 0.222. The van der Waals surface area contributed by atoms with Crippen molar-refractivity contribution in [2.75, 3.05) is 0 Å². The largest absolute Gasteiger partial charge is 0.327 e. The zero-order chi connectivity index (χ0) is 15.9. The third kappa shape index (κ3) is 2.25. The van der Waals surface area contributed by atoms with Crippen LogP contribution < -0.4 is 0 Å². The molecule has 0 fully saturated rings. The predicted octanol–water partition coefficient (Wildman–Crippen LogP) is 3.72. The van der Waals surface area contributed by atoms with Gasteiger partial charge in [0.05, 0.1) is 17.2 Å². The van der Waals surface area contributed by atoms with E-state index < -0.39 is 5.82 Å². The molecule has 22 heavy (non-hydrogen) atoms. The molecule has 1 aliphatic heterocycles. The van der Waals surface area contributed by atoms with E-state index in [9.17, 15) is 9.18 Å². The maximum atomic E-state index is 13.6. The zero-order valence-electron chi connectivity index (χ0n) is 12.4. The second kappa shape index (κ2) is 5.27. The number of nitrogens with zero attached hydrogens (tertiary/aromatic N) is 2. The van der Waals surface area contributed by atoms with Gasteiger partial charge in [-0.15, -0.1) is 0 Å². The Kier molecular flexibility index (Phi) is 3.42. The molecule has 0 aromatic heterocycles. The Morgan fingerprint density at radius 2 is 1.95 bits per heavy atom. The first kappa shape index (κ1) is 14.3. The minimum absolute atomic E-state index is 0.110. The van der Waals surface area contributed by atoms with Crippen molar-refractivity contribution in [3.63, 3.8) is 0 Å². The van der Waals surface area contributed by atoms with Crippen LogP contribution in [0.1, 0.15) is 45.6 Å². The predicted molar refractivity (Wildman–Crippen MR) is 80.6 cm³/mol. The average molecular weight is 294 g/mol. The van der Waals surface area contributed by atoms with Gasteiger partial charge in [-0.25, -0.2) is 4.39 Å². The van der Waals surface area contributed by atoms with Crippen molar-refractivity contribution in [2.24, 2.45) is 0 Å². The highest BCUT2D eigenvalue weighted by atomic mass is 19.1. The van der Waals surface area contributed by atoms with Crippen LogP contribution >= 0.6 is 0 Å². The number of hydrogen-bond donors (Lipinski definition) is 0. The van der Waals surface area contributed by atoms with Crippen LogP contribution in [0.5, 0.6) is 0 Å². The van der Waals surface area contributed by atoms with E-state index in [1.54, 1.807) is 4.90 Å². The van der Waals surface area contributed by atoms with E-state index in [0.29, 0.717) is 17.7 Å². The number of amides is 1. The summed E-state index contributed by atoms with van der Waals surface area (Å²) in [5, 5.41) is 9.13. The number of halogens is 1. The normalized spacial score (nSPS) is 14.6. The molecule has 0 N–H and O–H groups in total. The van der Waals surface area contributed by atoms with Crippen molar-refractivity contribution in [3.05, 3.63) is 70.0 Å². The van der Waals surface area contributed by atoms with Crippen LogP contribution in [0.4, 0.5) is 4.39 Å². The molecule has 0 unspecified atom stereocenters. The van der Waals surface area contributed by atoms with E-state index in [2.05, 4.69) is 0 Å². The highest BCUT2D eigenvalue weighted by molar-refractivity contribution is 6.00. The number of carbonyl (C=O) groups excluding carboxylic acids is 1. The molecule has 2 aromatic rings. The van der Waals surface area contributed by atoms with Gasteiger partial charge in [0.1, 0.15) is 11.9 Å². The van der Waals surface area contributed by atoms with Crippen LogP contribution in [-0.2, 0) is 6.54 Å². The molecule has 1 heterocycles. The molecule has 0 bridgehead atoms. The van der Waals surface area contributed by atoms with Crippen molar-refractivity contribution in [3.8, 4) is 6.07 Å². The monoisotopic (exact) mass is 294 g/mol. The first-order chi connectivity index (χ1) is 10.5. The Balaban J connectivity index is 1.97. The van der Waals surface area contributed by atoms with Gasteiger partial charge in [0.15, 0.2) is 0 Å². The van der Waals surface area contributed by atoms with Crippen molar-refractivity contribution < 1.29 is 9.18 Å². The molecular weight excluding hydrogens is 279 g/mol. The summed E-state index contributed by atoms with van der Waals surface area (Å²) < 4.78 is 13.6. The third-order valence-corrected chi connectivity index (χ3v) is 4.15. The molecule has 2 aromatic carbocycles. The van der Waals surface area contributed by atoms with Crippen LogP contribution in [0, 0.1) is 24.1 Å². The van der Waals surface area contributed by atoms with Gasteiger partial charge in [-0.3, -0.25) is 4.79 Å². The zero-order valence-corrected chi connectivity index (χ0v) is 12.4. The van der Waals surface area contributed by atoms with Crippen LogP contribution in [0.2, 0.25) is 0 Å². The smallest absolute Gasteiger partial charge is 0.256 e. The lowest BCUT2D eigenvalue weighted by Gasteiger charge is -2.24. The summed E-state index contributed by atoms with van der Waals surface area (Å²) in [6, 6.07) is 12.2. The van der Waals surface area contributed by atoms with E-state index in [1.165, 1.54) is 6.07 Å². The molecule has 0 aliphatic carbocycles. The number of aryl methyl sites for hydroxylation is 1. The number of benzene rings is 2. The fourth-order valence-electron chi connectivity index (χ4n) is 2.87. The third-order valence-electron chi connectivity index (χ3n) is 4.15. The van der Waals surface area contributed by atoms with Gasteiger partial charge >= 0.3 is 0 Å². The molecule has 110 valence electrons. The van der Waals surface area contributed by atoms with Gasteiger partial charge in [0, 0.05) is 6.54 Å². The average Bonchev–Trinajstić information content (AvgIpc) is 2.83. The molecule has 0 saturated heterocycles.